The van der Waals surface area contributed by atoms with Crippen molar-refractivity contribution >= 4 is 52.3 Å². The van der Waals surface area contributed by atoms with Crippen molar-refractivity contribution in [1.82, 2.24) is 10.3 Å². The van der Waals surface area contributed by atoms with Crippen LogP contribution in [0.1, 0.15) is 5.56 Å². The van der Waals surface area contributed by atoms with E-state index in [1.165, 1.54) is 0 Å². The predicted octanol–water partition coefficient (Wildman–Crippen LogP) is 4.12. The summed E-state index contributed by atoms with van der Waals surface area (Å²) in [6.45, 7) is 0.608. The maximum atomic E-state index is 5.37. The van der Waals surface area contributed by atoms with Crippen molar-refractivity contribution in [2.45, 2.75) is 6.54 Å². The van der Waals surface area contributed by atoms with E-state index in [2.05, 4.69) is 27.8 Å². The molecule has 160 valence electrons. The molecule has 7 nitrogen and oxygen atoms in total. The van der Waals surface area contributed by atoms with Crippen molar-refractivity contribution in [2.75, 3.05) is 45.6 Å². The summed E-state index contributed by atoms with van der Waals surface area (Å²) in [5.74, 6) is 2.91. The fraction of sp³-hybridized carbons (Fsp3) is 0.273. The number of hydrogen-bond acceptors (Lipinski definition) is 5. The molecule has 0 fully saturated rings. The van der Waals surface area contributed by atoms with E-state index in [0.29, 0.717) is 24.0 Å². The van der Waals surface area contributed by atoms with Crippen LogP contribution in [0.5, 0.6) is 11.5 Å². The molecular formula is C22H28IN5O2. The van der Waals surface area contributed by atoms with E-state index < -0.39 is 0 Å². The second kappa shape index (κ2) is 10.9. The highest BCUT2D eigenvalue weighted by molar-refractivity contribution is 14.0. The smallest absolute Gasteiger partial charge is 0.195 e. The van der Waals surface area contributed by atoms with E-state index in [4.69, 9.17) is 14.5 Å². The molecule has 0 atom stereocenters. The largest absolute Gasteiger partial charge is 0.493 e. The van der Waals surface area contributed by atoms with Crippen LogP contribution in [0.25, 0.3) is 10.9 Å². The summed E-state index contributed by atoms with van der Waals surface area (Å²) in [5, 5.41) is 7.78. The van der Waals surface area contributed by atoms with Crippen molar-refractivity contribution in [1.29, 1.82) is 0 Å². The van der Waals surface area contributed by atoms with E-state index in [0.717, 1.165) is 28.0 Å². The first kappa shape index (κ1) is 23.5. The van der Waals surface area contributed by atoms with Crippen molar-refractivity contribution in [3.63, 3.8) is 0 Å². The lowest BCUT2D eigenvalue weighted by molar-refractivity contribution is 0.355. The Kier molecular flexibility index (Phi) is 8.52. The zero-order valence-electron chi connectivity index (χ0n) is 17.9. The number of hydrogen-bond donors (Lipinski definition) is 2. The standard InChI is InChI=1S/C22H27N5O2.HI/c1-23-22(25-16-10-11-19(28-4)20(13-16)29-5)24-14-15-12-21(27(2)3)26-18-9-7-6-8-17(15)18;/h6-13H,14H2,1-5H3,(H2,23,24,25);1H. The topological polar surface area (TPSA) is 71.0 Å². The Labute approximate surface area is 194 Å². The second-order valence-electron chi connectivity index (χ2n) is 6.67. The molecule has 0 saturated carbocycles. The van der Waals surface area contributed by atoms with E-state index >= 15 is 0 Å². The van der Waals surface area contributed by atoms with Crippen LogP contribution in [-0.2, 0) is 6.54 Å². The number of pyridine rings is 1. The van der Waals surface area contributed by atoms with Crippen LogP contribution in [0, 0.1) is 0 Å². The van der Waals surface area contributed by atoms with Gasteiger partial charge in [-0.15, -0.1) is 24.0 Å². The van der Waals surface area contributed by atoms with E-state index in [1.807, 2.05) is 55.4 Å². The Balaban J connectivity index is 0.00000320. The fourth-order valence-corrected chi connectivity index (χ4v) is 3.02. The van der Waals surface area contributed by atoms with Gasteiger partial charge in [0, 0.05) is 44.8 Å². The molecule has 1 aromatic heterocycles. The van der Waals surface area contributed by atoms with Crippen molar-refractivity contribution in [3.05, 3.63) is 54.1 Å². The number of ether oxygens (including phenoxy) is 2. The lowest BCUT2D eigenvalue weighted by Crippen LogP contribution is -2.30. The van der Waals surface area contributed by atoms with Gasteiger partial charge in [-0.3, -0.25) is 4.99 Å². The van der Waals surface area contributed by atoms with E-state index in [9.17, 15) is 0 Å². The number of para-hydroxylation sites is 1. The Morgan fingerprint density at radius 2 is 1.77 bits per heavy atom. The number of rotatable bonds is 6. The zero-order chi connectivity index (χ0) is 20.8. The molecule has 8 heteroatoms. The molecule has 30 heavy (non-hydrogen) atoms. The SMILES string of the molecule is CN=C(NCc1cc(N(C)C)nc2ccccc12)Nc1ccc(OC)c(OC)c1.I. The van der Waals surface area contributed by atoms with Gasteiger partial charge < -0.3 is 25.0 Å². The first-order chi connectivity index (χ1) is 14.0. The number of fused-ring (bicyclic) bond motifs is 1. The highest BCUT2D eigenvalue weighted by Crippen LogP contribution is 2.29. The third-order valence-corrected chi connectivity index (χ3v) is 4.56. The van der Waals surface area contributed by atoms with Gasteiger partial charge in [0.05, 0.1) is 19.7 Å². The van der Waals surface area contributed by atoms with Gasteiger partial charge >= 0.3 is 0 Å². The van der Waals surface area contributed by atoms with Crippen LogP contribution in [0.15, 0.2) is 53.5 Å². The Hall–Kier alpha value is -2.75. The molecule has 3 aromatic rings. The molecule has 2 N–H and O–H groups in total. The summed E-state index contributed by atoms with van der Waals surface area (Å²) in [5.41, 5.74) is 2.97. The maximum Gasteiger partial charge on any atom is 0.195 e. The van der Waals surface area contributed by atoms with Gasteiger partial charge in [-0.2, -0.15) is 0 Å². The quantitative estimate of drug-likeness (QED) is 0.289. The maximum absolute atomic E-state index is 5.37. The summed E-state index contributed by atoms with van der Waals surface area (Å²) in [6, 6.07) is 15.9. The monoisotopic (exact) mass is 521 g/mol. The third kappa shape index (κ3) is 5.44. The van der Waals surface area contributed by atoms with Crippen molar-refractivity contribution < 1.29 is 9.47 Å². The molecule has 0 aliphatic heterocycles. The van der Waals surface area contributed by atoms with Crippen LogP contribution in [0.2, 0.25) is 0 Å². The zero-order valence-corrected chi connectivity index (χ0v) is 20.2. The number of nitrogens with one attached hydrogen (secondary N) is 2. The number of aliphatic imine (C=N–C) groups is 1. The van der Waals surface area contributed by atoms with Crippen LogP contribution in [-0.4, -0.2) is 46.3 Å². The summed E-state index contributed by atoms with van der Waals surface area (Å²) < 4.78 is 10.7. The molecule has 0 aliphatic rings. The van der Waals surface area contributed by atoms with Crippen LogP contribution < -0.4 is 25.0 Å². The molecule has 0 unspecified atom stereocenters. The summed E-state index contributed by atoms with van der Waals surface area (Å²) in [6.07, 6.45) is 0. The van der Waals surface area contributed by atoms with E-state index in [-0.39, 0.29) is 24.0 Å². The molecule has 0 bridgehead atoms. The summed E-state index contributed by atoms with van der Waals surface area (Å²) >= 11 is 0. The van der Waals surface area contributed by atoms with Crippen molar-refractivity contribution in [3.8, 4) is 11.5 Å². The Morgan fingerprint density at radius 3 is 2.43 bits per heavy atom. The number of benzene rings is 2. The molecule has 0 spiro atoms. The van der Waals surface area contributed by atoms with E-state index in [1.54, 1.807) is 21.3 Å². The number of aromatic nitrogens is 1. The molecule has 3 rings (SSSR count). The van der Waals surface area contributed by atoms with Gasteiger partial charge in [0.25, 0.3) is 0 Å². The molecule has 0 saturated heterocycles. The molecule has 0 aliphatic carbocycles. The molecular weight excluding hydrogens is 493 g/mol. The van der Waals surface area contributed by atoms with Gasteiger partial charge in [0.15, 0.2) is 17.5 Å². The number of nitrogens with zero attached hydrogens (tertiary/aromatic N) is 3. The van der Waals surface area contributed by atoms with Crippen LogP contribution in [0.3, 0.4) is 0 Å². The van der Waals surface area contributed by atoms with Gasteiger partial charge in [0.2, 0.25) is 0 Å². The van der Waals surface area contributed by atoms with Crippen LogP contribution >= 0.6 is 24.0 Å². The lowest BCUT2D eigenvalue weighted by atomic mass is 10.1. The highest BCUT2D eigenvalue weighted by Gasteiger charge is 2.09. The molecule has 1 heterocycles. The Bertz CT molecular complexity index is 1020. The predicted molar refractivity (Wildman–Crippen MR) is 135 cm³/mol. The highest BCUT2D eigenvalue weighted by atomic mass is 127. The van der Waals surface area contributed by atoms with Gasteiger partial charge in [-0.25, -0.2) is 4.98 Å². The lowest BCUT2D eigenvalue weighted by Gasteiger charge is -2.17. The average Bonchev–Trinajstić information content (AvgIpc) is 2.75. The Morgan fingerprint density at radius 1 is 1.03 bits per heavy atom. The second-order valence-corrected chi connectivity index (χ2v) is 6.67. The number of guanidine groups is 1. The molecule has 0 radical (unpaired) electrons. The summed E-state index contributed by atoms with van der Waals surface area (Å²) in [4.78, 5) is 11.0. The number of halogens is 1. The van der Waals surface area contributed by atoms with Gasteiger partial charge in [-0.1, -0.05) is 18.2 Å². The molecule has 0 amide bonds. The van der Waals surface area contributed by atoms with Gasteiger partial charge in [-0.05, 0) is 29.8 Å². The summed E-state index contributed by atoms with van der Waals surface area (Å²) in [7, 11) is 8.96. The minimum absolute atomic E-state index is 0. The number of anilines is 2. The van der Waals surface area contributed by atoms with Crippen LogP contribution in [0.4, 0.5) is 11.5 Å². The third-order valence-electron chi connectivity index (χ3n) is 4.56. The minimum atomic E-state index is 0. The minimum Gasteiger partial charge on any atom is -0.493 e. The first-order valence-corrected chi connectivity index (χ1v) is 9.31. The average molecular weight is 521 g/mol. The molecule has 2 aromatic carbocycles. The van der Waals surface area contributed by atoms with Gasteiger partial charge in [0.1, 0.15) is 5.82 Å². The number of methoxy groups -OCH3 is 2. The normalized spacial score (nSPS) is 10.9. The fourth-order valence-electron chi connectivity index (χ4n) is 3.02. The van der Waals surface area contributed by atoms with Crippen molar-refractivity contribution in [2.24, 2.45) is 4.99 Å². The first-order valence-electron chi connectivity index (χ1n) is 9.31.